The minimum atomic E-state index is -4.35. The Morgan fingerprint density at radius 3 is 2.27 bits per heavy atom. The average Bonchev–Trinajstić information content (AvgIpc) is 3.14. The fourth-order valence-electron chi connectivity index (χ4n) is 3.68. The van der Waals surface area contributed by atoms with E-state index in [-0.39, 0.29) is 5.91 Å². The van der Waals surface area contributed by atoms with E-state index in [1.54, 1.807) is 4.90 Å². The molecule has 3 aromatic rings. The number of piperazine rings is 1. The van der Waals surface area contributed by atoms with Crippen LogP contribution in [0.4, 0.5) is 13.2 Å². The lowest BCUT2D eigenvalue weighted by Gasteiger charge is -2.33. The highest BCUT2D eigenvalue weighted by atomic mass is 19.4. The number of hydrogen-bond acceptors (Lipinski definition) is 4. The van der Waals surface area contributed by atoms with Crippen LogP contribution < -0.4 is 0 Å². The monoisotopic (exact) mass is 418 g/mol. The molecule has 158 valence electrons. The normalized spacial score (nSPS) is 15.7. The fraction of sp³-hybridized carbons (Fsp3) is 0.318. The van der Waals surface area contributed by atoms with E-state index in [4.69, 9.17) is 9.52 Å². The van der Waals surface area contributed by atoms with Crippen molar-refractivity contribution >= 4 is 16.9 Å². The molecule has 4 rings (SSSR count). The number of aliphatic hydroxyl groups excluding tert-OH is 1. The highest BCUT2D eigenvalue weighted by Gasteiger charge is 2.30. The summed E-state index contributed by atoms with van der Waals surface area (Å²) in [5.74, 6) is 0.533. The SMILES string of the molecule is O=C(CO)N1CCN(Cc2cc3cc(-c4ccc(C(F)(F)F)cc4)ccc3o2)CC1. The first-order chi connectivity index (χ1) is 14.3. The molecule has 1 fully saturated rings. The van der Waals surface area contributed by atoms with Crippen molar-refractivity contribution in [3.05, 3.63) is 59.9 Å². The number of fused-ring (bicyclic) bond motifs is 1. The predicted molar refractivity (Wildman–Crippen MR) is 106 cm³/mol. The van der Waals surface area contributed by atoms with Gasteiger partial charge in [-0.05, 0) is 41.5 Å². The molecule has 2 aromatic carbocycles. The van der Waals surface area contributed by atoms with E-state index in [0.29, 0.717) is 38.3 Å². The van der Waals surface area contributed by atoms with Crippen LogP contribution in [0.3, 0.4) is 0 Å². The van der Waals surface area contributed by atoms with Gasteiger partial charge in [-0.3, -0.25) is 9.69 Å². The summed E-state index contributed by atoms with van der Waals surface area (Å²) in [5.41, 5.74) is 1.57. The lowest BCUT2D eigenvalue weighted by atomic mass is 10.0. The predicted octanol–water partition coefficient (Wildman–Crippen LogP) is 3.76. The van der Waals surface area contributed by atoms with Gasteiger partial charge in [-0.15, -0.1) is 0 Å². The number of carbonyl (C=O) groups is 1. The topological polar surface area (TPSA) is 56.9 Å². The first-order valence-electron chi connectivity index (χ1n) is 9.64. The van der Waals surface area contributed by atoms with E-state index >= 15 is 0 Å². The molecule has 0 aliphatic carbocycles. The summed E-state index contributed by atoms with van der Waals surface area (Å²) in [5, 5.41) is 9.84. The van der Waals surface area contributed by atoms with E-state index < -0.39 is 18.3 Å². The van der Waals surface area contributed by atoms with Gasteiger partial charge in [-0.2, -0.15) is 13.2 Å². The zero-order valence-electron chi connectivity index (χ0n) is 16.2. The Morgan fingerprint density at radius 2 is 1.63 bits per heavy atom. The van der Waals surface area contributed by atoms with Gasteiger partial charge in [0.1, 0.15) is 18.0 Å². The second-order valence-corrected chi connectivity index (χ2v) is 7.36. The van der Waals surface area contributed by atoms with Crippen molar-refractivity contribution in [2.24, 2.45) is 0 Å². The summed E-state index contributed by atoms with van der Waals surface area (Å²) in [6, 6.07) is 12.6. The summed E-state index contributed by atoms with van der Waals surface area (Å²) < 4.78 is 44.2. The van der Waals surface area contributed by atoms with Gasteiger partial charge < -0.3 is 14.4 Å². The number of benzene rings is 2. The molecule has 0 saturated carbocycles. The first kappa shape index (κ1) is 20.4. The van der Waals surface area contributed by atoms with Crippen LogP contribution >= 0.6 is 0 Å². The third kappa shape index (κ3) is 4.34. The minimum absolute atomic E-state index is 0.255. The molecule has 0 bridgehead atoms. The molecule has 1 aromatic heterocycles. The Hall–Kier alpha value is -2.84. The third-order valence-electron chi connectivity index (χ3n) is 5.35. The quantitative estimate of drug-likeness (QED) is 0.701. The summed E-state index contributed by atoms with van der Waals surface area (Å²) >= 11 is 0. The molecule has 30 heavy (non-hydrogen) atoms. The molecule has 8 heteroatoms. The number of furan rings is 1. The number of rotatable bonds is 4. The fourth-order valence-corrected chi connectivity index (χ4v) is 3.68. The van der Waals surface area contributed by atoms with Gasteiger partial charge in [0.15, 0.2) is 0 Å². The van der Waals surface area contributed by atoms with E-state index in [9.17, 15) is 18.0 Å². The Morgan fingerprint density at radius 1 is 0.967 bits per heavy atom. The van der Waals surface area contributed by atoms with E-state index in [2.05, 4.69) is 4.90 Å². The lowest BCUT2D eigenvalue weighted by Crippen LogP contribution is -2.49. The van der Waals surface area contributed by atoms with Crippen molar-refractivity contribution in [2.45, 2.75) is 12.7 Å². The largest absolute Gasteiger partial charge is 0.460 e. The molecule has 1 amide bonds. The van der Waals surface area contributed by atoms with Gasteiger partial charge >= 0.3 is 6.18 Å². The molecule has 5 nitrogen and oxygen atoms in total. The Labute approximate surface area is 171 Å². The maximum Gasteiger partial charge on any atom is 0.416 e. The van der Waals surface area contributed by atoms with Crippen molar-refractivity contribution in [1.29, 1.82) is 0 Å². The number of alkyl halides is 3. The first-order valence-corrected chi connectivity index (χ1v) is 9.64. The van der Waals surface area contributed by atoms with Crippen LogP contribution in [0.15, 0.2) is 52.9 Å². The molecular weight excluding hydrogens is 397 g/mol. The molecule has 0 atom stereocenters. The van der Waals surface area contributed by atoms with E-state index in [0.717, 1.165) is 34.4 Å². The van der Waals surface area contributed by atoms with Crippen LogP contribution in [0.1, 0.15) is 11.3 Å². The summed E-state index contributed by atoms with van der Waals surface area (Å²) in [6.07, 6.45) is -4.35. The van der Waals surface area contributed by atoms with E-state index in [1.807, 2.05) is 24.3 Å². The smallest absolute Gasteiger partial charge is 0.416 e. The van der Waals surface area contributed by atoms with Gasteiger partial charge in [0.05, 0.1) is 12.1 Å². The summed E-state index contributed by atoms with van der Waals surface area (Å²) in [7, 11) is 0. The highest BCUT2D eigenvalue weighted by molar-refractivity contribution is 5.84. The van der Waals surface area contributed by atoms with Crippen LogP contribution in [0, 0.1) is 0 Å². The highest BCUT2D eigenvalue weighted by Crippen LogP contribution is 2.32. The number of nitrogens with zero attached hydrogens (tertiary/aromatic N) is 2. The zero-order valence-corrected chi connectivity index (χ0v) is 16.2. The number of halogens is 3. The molecule has 2 heterocycles. The standard InChI is InChI=1S/C22H21F3N2O3/c23-22(24,25)18-4-1-15(2-5-18)16-3-6-20-17(11-16)12-19(30-20)13-26-7-9-27(10-8-26)21(29)14-28/h1-6,11-12,28H,7-10,13-14H2. The zero-order chi connectivity index (χ0) is 21.3. The van der Waals surface area contributed by atoms with Crippen LogP contribution in [0.2, 0.25) is 0 Å². The van der Waals surface area contributed by atoms with Crippen LogP contribution in [-0.4, -0.2) is 53.6 Å². The molecule has 1 saturated heterocycles. The van der Waals surface area contributed by atoms with E-state index in [1.165, 1.54) is 12.1 Å². The summed E-state index contributed by atoms with van der Waals surface area (Å²) in [4.78, 5) is 15.4. The average molecular weight is 418 g/mol. The lowest BCUT2D eigenvalue weighted by molar-refractivity contribution is -0.137. The van der Waals surface area contributed by atoms with Crippen molar-refractivity contribution < 1.29 is 27.5 Å². The van der Waals surface area contributed by atoms with Gasteiger partial charge in [-0.1, -0.05) is 18.2 Å². The van der Waals surface area contributed by atoms with Gasteiger partial charge in [0, 0.05) is 31.6 Å². The molecule has 1 aliphatic rings. The third-order valence-corrected chi connectivity index (χ3v) is 5.35. The van der Waals surface area contributed by atoms with Crippen molar-refractivity contribution in [3.63, 3.8) is 0 Å². The molecule has 0 radical (unpaired) electrons. The molecule has 0 unspecified atom stereocenters. The second-order valence-electron chi connectivity index (χ2n) is 7.36. The van der Waals surface area contributed by atoms with Crippen LogP contribution in [0.5, 0.6) is 0 Å². The maximum atomic E-state index is 12.8. The maximum absolute atomic E-state index is 12.8. The molecule has 1 N–H and O–H groups in total. The van der Waals surface area contributed by atoms with Crippen LogP contribution in [0.25, 0.3) is 22.1 Å². The number of carbonyl (C=O) groups excluding carboxylic acids is 1. The Balaban J connectivity index is 1.46. The van der Waals surface area contributed by atoms with Gasteiger partial charge in [-0.25, -0.2) is 0 Å². The Kier molecular flexibility index (Phi) is 5.53. The van der Waals surface area contributed by atoms with Crippen LogP contribution in [-0.2, 0) is 17.5 Å². The number of amides is 1. The number of hydrogen-bond donors (Lipinski definition) is 1. The van der Waals surface area contributed by atoms with Crippen molar-refractivity contribution in [3.8, 4) is 11.1 Å². The molecular formula is C22H21F3N2O3. The molecule has 1 aliphatic heterocycles. The van der Waals surface area contributed by atoms with Crippen molar-refractivity contribution in [2.75, 3.05) is 32.8 Å². The molecule has 0 spiro atoms. The van der Waals surface area contributed by atoms with Crippen molar-refractivity contribution in [1.82, 2.24) is 9.80 Å². The second kappa shape index (κ2) is 8.12. The van der Waals surface area contributed by atoms with Gasteiger partial charge in [0.25, 0.3) is 0 Å². The minimum Gasteiger partial charge on any atom is -0.460 e. The summed E-state index contributed by atoms with van der Waals surface area (Å²) in [6.45, 7) is 2.66. The van der Waals surface area contributed by atoms with Gasteiger partial charge in [0.2, 0.25) is 5.91 Å². The Bertz CT molecular complexity index is 1040. The number of aliphatic hydroxyl groups is 1.